The number of rotatable bonds is 8. The van der Waals surface area contributed by atoms with Crippen LogP contribution in [0.25, 0.3) is 0 Å². The van der Waals surface area contributed by atoms with Crippen LogP contribution in [0.3, 0.4) is 0 Å². The number of hydrogen-bond donors (Lipinski definition) is 3. The fourth-order valence-electron chi connectivity index (χ4n) is 2.75. The van der Waals surface area contributed by atoms with Gasteiger partial charge in [-0.3, -0.25) is 0 Å². The normalized spacial score (nSPS) is 12.8. The van der Waals surface area contributed by atoms with Crippen LogP contribution in [0.1, 0.15) is 10.8 Å². The third-order valence-corrected chi connectivity index (χ3v) is 5.65. The first-order valence-electron chi connectivity index (χ1n) is 8.92. The van der Waals surface area contributed by atoms with Crippen LogP contribution in [0.2, 0.25) is 0 Å². The van der Waals surface area contributed by atoms with Gasteiger partial charge in [-0.2, -0.15) is 0 Å². The number of thioether (sulfide) groups is 1. The molecule has 0 spiro atoms. The number of nitrogens with two attached hydrogens (primary N) is 1. The number of aliphatic hydroxyl groups is 1. The number of carboxylic acids is 1. The van der Waals surface area contributed by atoms with Crippen LogP contribution in [-0.2, 0) is 4.79 Å². The fourth-order valence-corrected chi connectivity index (χ4v) is 3.94. The molecule has 0 bridgehead atoms. The molecule has 3 aromatic rings. The van der Waals surface area contributed by atoms with Crippen LogP contribution in [0.15, 0.2) is 71.6 Å². The Morgan fingerprint density at radius 2 is 1.80 bits per heavy atom. The molecule has 0 amide bonds. The van der Waals surface area contributed by atoms with Gasteiger partial charge in [-0.1, -0.05) is 24.3 Å². The summed E-state index contributed by atoms with van der Waals surface area (Å²) in [7, 11) is 1.33. The summed E-state index contributed by atoms with van der Waals surface area (Å²) in [6, 6.07) is 18.1. The van der Waals surface area contributed by atoms with Gasteiger partial charge in [-0.15, -0.1) is 11.8 Å². The number of halogens is 1. The maximum atomic E-state index is 14.2. The lowest BCUT2D eigenvalue weighted by molar-refractivity contribution is -0.146. The van der Waals surface area contributed by atoms with E-state index in [-0.39, 0.29) is 11.3 Å². The number of ether oxygens (including phenoxy) is 2. The third kappa shape index (κ3) is 5.03. The first kappa shape index (κ1) is 21.5. The second-order valence-electron chi connectivity index (χ2n) is 6.33. The van der Waals surface area contributed by atoms with Crippen molar-refractivity contribution in [3.63, 3.8) is 0 Å². The van der Waals surface area contributed by atoms with E-state index < -0.39 is 23.1 Å². The van der Waals surface area contributed by atoms with Gasteiger partial charge in [0.25, 0.3) is 0 Å². The lowest BCUT2D eigenvalue weighted by atomic mass is 10.1. The molecular formula is C22H20FNO5S. The quantitative estimate of drug-likeness (QED) is 0.358. The number of nitrogen functional groups attached to an aromatic ring is 1. The molecule has 0 aromatic heterocycles. The fraction of sp³-hybridized carbons (Fsp3) is 0.136. The predicted molar refractivity (Wildman–Crippen MR) is 113 cm³/mol. The SMILES string of the molecule is COc1ccc(C(Sc2cc(Oc3ccccc3)ccc2N)C(O)C(=O)O)cc1F. The minimum atomic E-state index is -1.79. The van der Waals surface area contributed by atoms with Crippen molar-refractivity contribution in [1.82, 2.24) is 0 Å². The Morgan fingerprint density at radius 3 is 2.43 bits per heavy atom. The van der Waals surface area contributed by atoms with E-state index in [9.17, 15) is 19.4 Å². The Morgan fingerprint density at radius 1 is 1.07 bits per heavy atom. The van der Waals surface area contributed by atoms with Gasteiger partial charge < -0.3 is 25.4 Å². The molecule has 6 nitrogen and oxygen atoms in total. The van der Waals surface area contributed by atoms with Crippen LogP contribution in [0, 0.1) is 5.82 Å². The molecule has 2 atom stereocenters. The number of hydrogen-bond acceptors (Lipinski definition) is 6. The highest BCUT2D eigenvalue weighted by atomic mass is 32.2. The van der Waals surface area contributed by atoms with Crippen molar-refractivity contribution in [3.05, 3.63) is 78.1 Å². The summed E-state index contributed by atoms with van der Waals surface area (Å²) in [5, 5.41) is 18.6. The summed E-state index contributed by atoms with van der Waals surface area (Å²) >= 11 is 1.01. The number of aliphatic carboxylic acids is 1. The molecule has 0 aliphatic carbocycles. The first-order chi connectivity index (χ1) is 14.4. The van der Waals surface area contributed by atoms with Crippen molar-refractivity contribution < 1.29 is 28.9 Å². The molecule has 2 unspecified atom stereocenters. The van der Waals surface area contributed by atoms with E-state index in [2.05, 4.69) is 0 Å². The summed E-state index contributed by atoms with van der Waals surface area (Å²) in [6.07, 6.45) is -1.79. The zero-order valence-electron chi connectivity index (χ0n) is 16.0. The summed E-state index contributed by atoms with van der Waals surface area (Å²) in [5.74, 6) is -0.962. The van der Waals surface area contributed by atoms with Gasteiger partial charge in [0, 0.05) is 10.6 Å². The maximum Gasteiger partial charge on any atom is 0.334 e. The monoisotopic (exact) mass is 429 g/mol. The second-order valence-corrected chi connectivity index (χ2v) is 7.51. The molecule has 3 aromatic carbocycles. The van der Waals surface area contributed by atoms with Gasteiger partial charge in [0.2, 0.25) is 0 Å². The Kier molecular flexibility index (Phi) is 6.81. The molecule has 3 rings (SSSR count). The standard InChI is InChI=1S/C22H20FNO5S/c1-28-18-10-7-13(11-16(18)23)21(20(25)22(26)27)30-19-12-15(8-9-17(19)24)29-14-5-3-2-4-6-14/h2-12,20-21,25H,24H2,1H3,(H,26,27). The van der Waals surface area contributed by atoms with E-state index in [1.807, 2.05) is 18.2 Å². The highest BCUT2D eigenvalue weighted by Gasteiger charge is 2.30. The number of aliphatic hydroxyl groups excluding tert-OH is 1. The van der Waals surface area contributed by atoms with Gasteiger partial charge in [0.1, 0.15) is 11.5 Å². The molecule has 8 heteroatoms. The lowest BCUT2D eigenvalue weighted by Gasteiger charge is -2.21. The minimum Gasteiger partial charge on any atom is -0.494 e. The molecule has 0 aliphatic heterocycles. The van der Waals surface area contributed by atoms with Crippen LogP contribution in [0.5, 0.6) is 17.2 Å². The molecule has 4 N–H and O–H groups in total. The van der Waals surface area contributed by atoms with Gasteiger partial charge in [0.15, 0.2) is 17.7 Å². The lowest BCUT2D eigenvalue weighted by Crippen LogP contribution is -2.26. The second kappa shape index (κ2) is 9.51. The smallest absolute Gasteiger partial charge is 0.334 e. The molecule has 0 saturated heterocycles. The average Bonchev–Trinajstić information content (AvgIpc) is 2.74. The largest absolute Gasteiger partial charge is 0.494 e. The average molecular weight is 429 g/mol. The third-order valence-electron chi connectivity index (χ3n) is 4.26. The summed E-state index contributed by atoms with van der Waals surface area (Å²) in [4.78, 5) is 12.0. The molecular weight excluding hydrogens is 409 g/mol. The van der Waals surface area contributed by atoms with Crippen molar-refractivity contribution in [2.75, 3.05) is 12.8 Å². The van der Waals surface area contributed by atoms with E-state index in [0.717, 1.165) is 17.8 Å². The van der Waals surface area contributed by atoms with Crippen LogP contribution in [0.4, 0.5) is 10.1 Å². The number of carboxylic acid groups (broad SMARTS) is 1. The van der Waals surface area contributed by atoms with Crippen LogP contribution >= 0.6 is 11.8 Å². The van der Waals surface area contributed by atoms with Crippen molar-refractivity contribution in [3.8, 4) is 17.2 Å². The Hall–Kier alpha value is -3.23. The maximum absolute atomic E-state index is 14.2. The van der Waals surface area contributed by atoms with Crippen molar-refractivity contribution >= 4 is 23.4 Å². The summed E-state index contributed by atoms with van der Waals surface area (Å²) in [5.41, 5.74) is 6.71. The molecule has 0 fully saturated rings. The zero-order valence-corrected chi connectivity index (χ0v) is 16.8. The van der Waals surface area contributed by atoms with Gasteiger partial charge in [-0.05, 0) is 48.0 Å². The number of methoxy groups -OCH3 is 1. The molecule has 0 saturated carbocycles. The number of carbonyl (C=O) groups is 1. The van der Waals surface area contributed by atoms with E-state index in [4.69, 9.17) is 15.2 Å². The van der Waals surface area contributed by atoms with Crippen LogP contribution in [-0.4, -0.2) is 29.4 Å². The van der Waals surface area contributed by atoms with Crippen LogP contribution < -0.4 is 15.2 Å². The minimum absolute atomic E-state index is 0.0186. The van der Waals surface area contributed by atoms with E-state index >= 15 is 0 Å². The zero-order chi connectivity index (χ0) is 21.7. The molecule has 156 valence electrons. The Bertz CT molecular complexity index is 1030. The Labute approximate surface area is 177 Å². The number of para-hydroxylation sites is 1. The highest BCUT2D eigenvalue weighted by molar-refractivity contribution is 7.99. The Balaban J connectivity index is 1.93. The van der Waals surface area contributed by atoms with Gasteiger partial charge in [-0.25, -0.2) is 9.18 Å². The molecule has 0 aliphatic rings. The van der Waals surface area contributed by atoms with Gasteiger partial charge >= 0.3 is 5.97 Å². The van der Waals surface area contributed by atoms with Crippen molar-refractivity contribution in [2.45, 2.75) is 16.2 Å². The highest BCUT2D eigenvalue weighted by Crippen LogP contribution is 2.43. The van der Waals surface area contributed by atoms with E-state index in [1.54, 1.807) is 30.3 Å². The van der Waals surface area contributed by atoms with E-state index in [0.29, 0.717) is 22.1 Å². The topological polar surface area (TPSA) is 102 Å². The summed E-state index contributed by atoms with van der Waals surface area (Å²) < 4.78 is 24.9. The predicted octanol–water partition coefficient (Wildman–Crippen LogP) is 4.49. The number of benzene rings is 3. The van der Waals surface area contributed by atoms with E-state index in [1.165, 1.54) is 19.2 Å². The molecule has 0 heterocycles. The van der Waals surface area contributed by atoms with Crippen molar-refractivity contribution in [1.29, 1.82) is 0 Å². The number of anilines is 1. The molecule has 30 heavy (non-hydrogen) atoms. The van der Waals surface area contributed by atoms with Gasteiger partial charge in [0.05, 0.1) is 12.4 Å². The first-order valence-corrected chi connectivity index (χ1v) is 9.80. The summed E-state index contributed by atoms with van der Waals surface area (Å²) in [6.45, 7) is 0. The van der Waals surface area contributed by atoms with Crippen molar-refractivity contribution in [2.24, 2.45) is 0 Å². The molecule has 0 radical (unpaired) electrons.